The molecule has 4 heteroatoms. The zero-order valence-corrected chi connectivity index (χ0v) is 9.70. The molecule has 0 saturated heterocycles. The lowest BCUT2D eigenvalue weighted by molar-refractivity contribution is 0.546. The number of thioether (sulfide) groups is 1. The van der Waals surface area contributed by atoms with Crippen LogP contribution in [0.3, 0.4) is 0 Å². The Balaban J connectivity index is 2.81. The highest BCUT2D eigenvalue weighted by atomic mass is 32.2. The molecule has 1 atom stereocenters. The summed E-state index contributed by atoms with van der Waals surface area (Å²) in [4.78, 5) is 0. The van der Waals surface area contributed by atoms with Gasteiger partial charge in [0.1, 0.15) is 11.6 Å². The molecule has 0 aliphatic carbocycles. The van der Waals surface area contributed by atoms with Crippen molar-refractivity contribution in [3.05, 3.63) is 35.4 Å². The predicted octanol–water partition coefficient (Wildman–Crippen LogP) is 2.98. The molecule has 0 spiro atoms. The highest BCUT2D eigenvalue weighted by Gasteiger charge is 2.10. The zero-order valence-electron chi connectivity index (χ0n) is 8.89. The molecule has 0 aliphatic rings. The summed E-state index contributed by atoms with van der Waals surface area (Å²) in [6.45, 7) is 0. The zero-order chi connectivity index (χ0) is 11.3. The van der Waals surface area contributed by atoms with Crippen molar-refractivity contribution in [1.82, 2.24) is 5.32 Å². The summed E-state index contributed by atoms with van der Waals surface area (Å²) < 4.78 is 25.9. The first-order valence-electron chi connectivity index (χ1n) is 4.79. The Kier molecular flexibility index (Phi) is 5.05. The van der Waals surface area contributed by atoms with E-state index in [0.717, 1.165) is 18.2 Å². The van der Waals surface area contributed by atoms with Crippen LogP contribution >= 0.6 is 11.8 Å². The Morgan fingerprint density at radius 2 is 1.87 bits per heavy atom. The maximum Gasteiger partial charge on any atom is 0.126 e. The van der Waals surface area contributed by atoms with Gasteiger partial charge >= 0.3 is 0 Å². The monoisotopic (exact) mass is 231 g/mol. The molecule has 84 valence electrons. The Labute approximate surface area is 93.3 Å². The molecule has 1 unspecified atom stereocenters. The lowest BCUT2D eigenvalue weighted by Crippen LogP contribution is -2.17. The van der Waals surface area contributed by atoms with Gasteiger partial charge in [-0.1, -0.05) is 0 Å². The molecule has 0 aliphatic heterocycles. The molecular weight excluding hydrogens is 216 g/mol. The quantitative estimate of drug-likeness (QED) is 0.836. The van der Waals surface area contributed by atoms with Crippen LogP contribution in [0.4, 0.5) is 8.78 Å². The third kappa shape index (κ3) is 3.80. The largest absolute Gasteiger partial charge is 0.313 e. The van der Waals surface area contributed by atoms with Crippen molar-refractivity contribution in [3.63, 3.8) is 0 Å². The number of hydrogen-bond donors (Lipinski definition) is 1. The van der Waals surface area contributed by atoms with Gasteiger partial charge in [0.05, 0.1) is 0 Å². The first-order valence-corrected chi connectivity index (χ1v) is 6.19. The maximum atomic E-state index is 13.0. The Morgan fingerprint density at radius 3 is 2.33 bits per heavy atom. The van der Waals surface area contributed by atoms with Gasteiger partial charge in [-0.05, 0) is 43.2 Å². The summed E-state index contributed by atoms with van der Waals surface area (Å²) in [6, 6.07) is 3.67. The first-order chi connectivity index (χ1) is 7.17. The molecule has 0 aromatic heterocycles. The third-order valence-corrected chi connectivity index (χ3v) is 2.89. The molecule has 0 saturated carbocycles. The van der Waals surface area contributed by atoms with Gasteiger partial charge in [-0.2, -0.15) is 11.8 Å². The number of halogens is 2. The summed E-state index contributed by atoms with van der Waals surface area (Å²) in [5.74, 6) is -0.0762. The van der Waals surface area contributed by atoms with Crippen LogP contribution in [-0.4, -0.2) is 19.1 Å². The van der Waals surface area contributed by atoms with Crippen molar-refractivity contribution in [3.8, 4) is 0 Å². The van der Waals surface area contributed by atoms with Crippen LogP contribution in [0.2, 0.25) is 0 Å². The Morgan fingerprint density at radius 1 is 1.27 bits per heavy atom. The highest BCUT2D eigenvalue weighted by Crippen LogP contribution is 2.20. The van der Waals surface area contributed by atoms with E-state index in [1.165, 1.54) is 12.1 Å². The molecule has 0 fully saturated rings. The summed E-state index contributed by atoms with van der Waals surface area (Å²) in [6.07, 6.45) is 2.87. The van der Waals surface area contributed by atoms with E-state index in [2.05, 4.69) is 5.32 Å². The molecule has 1 nitrogen and oxygen atoms in total. The number of hydrogen-bond acceptors (Lipinski definition) is 2. The first kappa shape index (κ1) is 12.5. The Hall–Kier alpha value is -0.610. The minimum atomic E-state index is -0.519. The van der Waals surface area contributed by atoms with Gasteiger partial charge in [0, 0.05) is 12.1 Å². The van der Waals surface area contributed by atoms with Gasteiger partial charge in [-0.15, -0.1) is 0 Å². The minimum absolute atomic E-state index is 0.0163. The van der Waals surface area contributed by atoms with Gasteiger partial charge in [0.15, 0.2) is 0 Å². The van der Waals surface area contributed by atoms with Crippen molar-refractivity contribution in [2.24, 2.45) is 0 Å². The minimum Gasteiger partial charge on any atom is -0.313 e. The summed E-state index contributed by atoms with van der Waals surface area (Å²) in [5, 5.41) is 3.06. The van der Waals surface area contributed by atoms with Crippen LogP contribution in [0.1, 0.15) is 18.0 Å². The lowest BCUT2D eigenvalue weighted by Gasteiger charge is -2.16. The third-order valence-electron chi connectivity index (χ3n) is 2.25. The average molecular weight is 231 g/mol. The summed E-state index contributed by atoms with van der Waals surface area (Å²) in [7, 11) is 1.80. The normalized spacial score (nSPS) is 12.8. The standard InChI is InChI=1S/C11H15F2NS/c1-14-11(3-4-15-2)8-5-9(12)7-10(13)6-8/h5-7,11,14H,3-4H2,1-2H3. The number of rotatable bonds is 5. The van der Waals surface area contributed by atoms with Crippen molar-refractivity contribution >= 4 is 11.8 Å². The highest BCUT2D eigenvalue weighted by molar-refractivity contribution is 7.98. The van der Waals surface area contributed by atoms with Gasteiger partial charge in [0.25, 0.3) is 0 Å². The Bertz CT molecular complexity index is 297. The summed E-state index contributed by atoms with van der Waals surface area (Å²) >= 11 is 1.72. The smallest absolute Gasteiger partial charge is 0.126 e. The second kappa shape index (κ2) is 6.08. The van der Waals surface area contributed by atoms with Crippen molar-refractivity contribution < 1.29 is 8.78 Å². The molecule has 1 N–H and O–H groups in total. The van der Waals surface area contributed by atoms with E-state index in [1.54, 1.807) is 18.8 Å². The van der Waals surface area contributed by atoms with Gasteiger partial charge < -0.3 is 5.32 Å². The maximum absolute atomic E-state index is 13.0. The molecule has 1 aromatic rings. The average Bonchev–Trinajstić information content (AvgIpc) is 2.17. The number of nitrogens with one attached hydrogen (secondary N) is 1. The second-order valence-electron chi connectivity index (χ2n) is 3.33. The lowest BCUT2D eigenvalue weighted by atomic mass is 10.0. The number of benzene rings is 1. The van der Waals surface area contributed by atoms with E-state index in [9.17, 15) is 8.78 Å². The van der Waals surface area contributed by atoms with Crippen LogP contribution < -0.4 is 5.32 Å². The molecule has 0 bridgehead atoms. The second-order valence-corrected chi connectivity index (χ2v) is 4.31. The molecule has 0 amide bonds. The van der Waals surface area contributed by atoms with Crippen molar-refractivity contribution in [2.45, 2.75) is 12.5 Å². The summed E-state index contributed by atoms with van der Waals surface area (Å²) in [5.41, 5.74) is 0.670. The van der Waals surface area contributed by atoms with Crippen LogP contribution in [0, 0.1) is 11.6 Å². The van der Waals surface area contributed by atoms with E-state index >= 15 is 0 Å². The van der Waals surface area contributed by atoms with Gasteiger partial charge in [0.2, 0.25) is 0 Å². The fourth-order valence-corrected chi connectivity index (χ4v) is 1.96. The fourth-order valence-electron chi connectivity index (χ4n) is 1.49. The molecule has 15 heavy (non-hydrogen) atoms. The van der Waals surface area contributed by atoms with Gasteiger partial charge in [-0.25, -0.2) is 8.78 Å². The molecule has 1 aromatic carbocycles. The van der Waals surface area contributed by atoms with E-state index < -0.39 is 11.6 Å². The fraction of sp³-hybridized carbons (Fsp3) is 0.455. The van der Waals surface area contributed by atoms with E-state index in [4.69, 9.17) is 0 Å². The van der Waals surface area contributed by atoms with E-state index in [-0.39, 0.29) is 6.04 Å². The van der Waals surface area contributed by atoms with Crippen LogP contribution in [0.25, 0.3) is 0 Å². The molecule has 0 radical (unpaired) electrons. The van der Waals surface area contributed by atoms with Crippen LogP contribution in [-0.2, 0) is 0 Å². The van der Waals surface area contributed by atoms with E-state index in [0.29, 0.717) is 5.56 Å². The van der Waals surface area contributed by atoms with Crippen LogP contribution in [0.5, 0.6) is 0 Å². The van der Waals surface area contributed by atoms with Crippen molar-refractivity contribution in [1.29, 1.82) is 0 Å². The molecular formula is C11H15F2NS. The van der Waals surface area contributed by atoms with E-state index in [1.807, 2.05) is 6.26 Å². The van der Waals surface area contributed by atoms with Gasteiger partial charge in [-0.3, -0.25) is 0 Å². The predicted molar refractivity (Wildman–Crippen MR) is 61.2 cm³/mol. The topological polar surface area (TPSA) is 12.0 Å². The SMILES string of the molecule is CNC(CCSC)c1cc(F)cc(F)c1. The van der Waals surface area contributed by atoms with Crippen LogP contribution in [0.15, 0.2) is 18.2 Å². The molecule has 1 rings (SSSR count). The van der Waals surface area contributed by atoms with Crippen molar-refractivity contribution in [2.75, 3.05) is 19.1 Å². The molecule has 0 heterocycles.